The molecule has 0 heterocycles. The van der Waals surface area contributed by atoms with Gasteiger partial charge in [0.25, 0.3) is 16.0 Å². The molecule has 94 valence electrons. The van der Waals surface area contributed by atoms with Crippen molar-refractivity contribution in [2.24, 2.45) is 0 Å². The van der Waals surface area contributed by atoms with Crippen LogP contribution in [-0.4, -0.2) is 31.2 Å². The van der Waals surface area contributed by atoms with Gasteiger partial charge in [0.1, 0.15) is 0 Å². The van der Waals surface area contributed by atoms with E-state index in [2.05, 4.69) is 21.2 Å². The molecule has 1 rings (SSSR count). The van der Waals surface area contributed by atoms with E-state index in [4.69, 9.17) is 4.55 Å². The second kappa shape index (κ2) is 6.13. The van der Waals surface area contributed by atoms with Gasteiger partial charge in [-0.15, -0.1) is 0 Å². The Morgan fingerprint density at radius 2 is 1.88 bits per heavy atom. The Hall–Kier alpha value is -0.920. The molecule has 0 spiro atoms. The van der Waals surface area contributed by atoms with E-state index in [0.717, 1.165) is 5.56 Å². The highest BCUT2D eigenvalue weighted by Crippen LogP contribution is 2.07. The van der Waals surface area contributed by atoms with Gasteiger partial charge < -0.3 is 5.32 Å². The maximum absolute atomic E-state index is 11.5. The zero-order valence-electron chi connectivity index (χ0n) is 8.89. The van der Waals surface area contributed by atoms with Crippen LogP contribution in [0, 0.1) is 0 Å². The van der Waals surface area contributed by atoms with Crippen molar-refractivity contribution in [3.63, 3.8) is 0 Å². The summed E-state index contributed by atoms with van der Waals surface area (Å²) in [7, 11) is -4.03. The molecule has 5 nitrogen and oxygen atoms in total. The van der Waals surface area contributed by atoms with Gasteiger partial charge in [-0.3, -0.25) is 9.35 Å². The van der Waals surface area contributed by atoms with Crippen LogP contribution in [0.5, 0.6) is 0 Å². The van der Waals surface area contributed by atoms with Gasteiger partial charge in [0.05, 0.1) is 5.75 Å². The Morgan fingerprint density at radius 3 is 2.35 bits per heavy atom. The topological polar surface area (TPSA) is 83.5 Å². The maximum atomic E-state index is 11.5. The Morgan fingerprint density at radius 1 is 1.29 bits per heavy atom. The second-order valence-electron chi connectivity index (χ2n) is 3.37. The van der Waals surface area contributed by atoms with E-state index in [1.807, 2.05) is 0 Å². The van der Waals surface area contributed by atoms with Crippen LogP contribution < -0.4 is 5.32 Å². The van der Waals surface area contributed by atoms with E-state index in [1.54, 1.807) is 24.3 Å². The Kier molecular flexibility index (Phi) is 5.10. The average molecular weight is 322 g/mol. The predicted octanol–water partition coefficient (Wildman–Crippen LogP) is 1.20. The minimum absolute atomic E-state index is 0.113. The lowest BCUT2D eigenvalue weighted by Crippen LogP contribution is -2.28. The Labute approximate surface area is 108 Å². The van der Waals surface area contributed by atoms with E-state index < -0.39 is 15.9 Å². The predicted molar refractivity (Wildman–Crippen MR) is 67.8 cm³/mol. The van der Waals surface area contributed by atoms with Crippen LogP contribution in [0.4, 0.5) is 0 Å². The third kappa shape index (κ3) is 5.29. The van der Waals surface area contributed by atoms with E-state index in [9.17, 15) is 13.2 Å². The molecule has 0 aliphatic rings. The molecular weight excluding hydrogens is 310 g/mol. The van der Waals surface area contributed by atoms with Crippen LogP contribution in [0.2, 0.25) is 0 Å². The van der Waals surface area contributed by atoms with Crippen LogP contribution >= 0.6 is 15.9 Å². The summed E-state index contributed by atoms with van der Waals surface area (Å²) < 4.78 is 29.3. The molecule has 0 radical (unpaired) electrons. The van der Waals surface area contributed by atoms with Crippen LogP contribution in [0.15, 0.2) is 24.3 Å². The second-order valence-corrected chi connectivity index (χ2v) is 5.51. The van der Waals surface area contributed by atoms with Gasteiger partial charge in [0.15, 0.2) is 0 Å². The first-order valence-corrected chi connectivity index (χ1v) is 7.54. The van der Waals surface area contributed by atoms with Crippen molar-refractivity contribution in [2.75, 3.05) is 12.3 Å². The fraction of sp³-hybridized carbons (Fsp3) is 0.300. The Bertz CT molecular complexity index is 484. The summed E-state index contributed by atoms with van der Waals surface area (Å²) in [5.74, 6) is -0.854. The summed E-state index contributed by atoms with van der Waals surface area (Å²) in [6.07, 6.45) is 0. The molecule has 0 unspecified atom stereocenters. The number of rotatable bonds is 5. The van der Waals surface area contributed by atoms with Crippen molar-refractivity contribution >= 4 is 32.0 Å². The van der Waals surface area contributed by atoms with Crippen molar-refractivity contribution in [3.8, 4) is 0 Å². The number of alkyl halides is 1. The van der Waals surface area contributed by atoms with Gasteiger partial charge in [0.2, 0.25) is 0 Å². The molecule has 17 heavy (non-hydrogen) atoms. The number of amides is 1. The number of carbonyl (C=O) groups excluding carboxylic acids is 1. The highest BCUT2D eigenvalue weighted by atomic mass is 79.9. The van der Waals surface area contributed by atoms with Gasteiger partial charge in [0, 0.05) is 17.4 Å². The minimum atomic E-state index is -4.03. The standard InChI is InChI=1S/C10H12BrNO4S/c11-7-8-1-3-9(4-2-8)10(13)12-5-6-17(14,15)16/h1-4H,5-7H2,(H,12,13)(H,14,15,16). The molecule has 7 heteroatoms. The molecule has 1 aromatic carbocycles. The molecule has 1 amide bonds. The zero-order valence-corrected chi connectivity index (χ0v) is 11.3. The SMILES string of the molecule is O=C(NCCS(=O)(=O)O)c1ccc(CBr)cc1. The Balaban J connectivity index is 2.52. The van der Waals surface area contributed by atoms with E-state index in [0.29, 0.717) is 10.9 Å². The van der Waals surface area contributed by atoms with Gasteiger partial charge in [-0.25, -0.2) is 0 Å². The lowest BCUT2D eigenvalue weighted by atomic mass is 10.1. The van der Waals surface area contributed by atoms with Gasteiger partial charge in [-0.1, -0.05) is 28.1 Å². The molecule has 1 aromatic rings. The molecule has 0 aliphatic heterocycles. The largest absolute Gasteiger partial charge is 0.351 e. The maximum Gasteiger partial charge on any atom is 0.266 e. The first-order chi connectivity index (χ1) is 7.92. The monoisotopic (exact) mass is 321 g/mol. The summed E-state index contributed by atoms with van der Waals surface area (Å²) in [6, 6.07) is 6.90. The molecule has 0 saturated heterocycles. The summed E-state index contributed by atoms with van der Waals surface area (Å²) in [6.45, 7) is -0.113. The molecule has 0 aliphatic carbocycles. The number of hydrogen-bond donors (Lipinski definition) is 2. The van der Waals surface area contributed by atoms with Gasteiger partial charge >= 0.3 is 0 Å². The molecule has 0 saturated carbocycles. The first kappa shape index (κ1) is 14.1. The van der Waals surface area contributed by atoms with Crippen molar-refractivity contribution in [1.82, 2.24) is 5.32 Å². The van der Waals surface area contributed by atoms with Crippen LogP contribution in [0.3, 0.4) is 0 Å². The summed E-state index contributed by atoms with van der Waals surface area (Å²) in [5.41, 5.74) is 1.49. The minimum Gasteiger partial charge on any atom is -0.351 e. The quantitative estimate of drug-likeness (QED) is 0.630. The first-order valence-electron chi connectivity index (χ1n) is 4.80. The molecule has 0 fully saturated rings. The summed E-state index contributed by atoms with van der Waals surface area (Å²) in [5, 5.41) is 3.11. The third-order valence-electron chi connectivity index (χ3n) is 2.02. The smallest absolute Gasteiger partial charge is 0.266 e. The lowest BCUT2D eigenvalue weighted by molar-refractivity contribution is 0.0956. The highest BCUT2D eigenvalue weighted by molar-refractivity contribution is 9.08. The molecule has 0 aromatic heterocycles. The summed E-state index contributed by atoms with van der Waals surface area (Å²) >= 11 is 3.29. The van der Waals surface area contributed by atoms with Crippen LogP contribution in [0.25, 0.3) is 0 Å². The van der Waals surface area contributed by atoms with Crippen molar-refractivity contribution in [3.05, 3.63) is 35.4 Å². The number of hydrogen-bond acceptors (Lipinski definition) is 3. The van der Waals surface area contributed by atoms with E-state index in [-0.39, 0.29) is 12.5 Å². The third-order valence-corrected chi connectivity index (χ3v) is 3.38. The average Bonchev–Trinajstić information content (AvgIpc) is 2.27. The molecular formula is C10H12BrNO4S. The van der Waals surface area contributed by atoms with Crippen LogP contribution in [0.1, 0.15) is 15.9 Å². The summed E-state index contributed by atoms with van der Waals surface area (Å²) in [4.78, 5) is 11.5. The number of nitrogens with one attached hydrogen (secondary N) is 1. The number of benzene rings is 1. The zero-order chi connectivity index (χ0) is 12.9. The van der Waals surface area contributed by atoms with E-state index in [1.165, 1.54) is 0 Å². The molecule has 0 atom stereocenters. The van der Waals surface area contributed by atoms with Crippen molar-refractivity contribution < 1.29 is 17.8 Å². The number of halogens is 1. The van der Waals surface area contributed by atoms with Crippen molar-refractivity contribution in [1.29, 1.82) is 0 Å². The van der Waals surface area contributed by atoms with Gasteiger partial charge in [-0.2, -0.15) is 8.42 Å². The fourth-order valence-electron chi connectivity index (χ4n) is 1.14. The van der Waals surface area contributed by atoms with Gasteiger partial charge in [-0.05, 0) is 17.7 Å². The normalized spacial score (nSPS) is 11.2. The number of carbonyl (C=O) groups is 1. The lowest BCUT2D eigenvalue weighted by Gasteiger charge is -2.04. The van der Waals surface area contributed by atoms with E-state index >= 15 is 0 Å². The fourth-order valence-corrected chi connectivity index (χ4v) is 1.87. The van der Waals surface area contributed by atoms with Crippen LogP contribution in [-0.2, 0) is 15.4 Å². The highest BCUT2D eigenvalue weighted by Gasteiger charge is 2.08. The van der Waals surface area contributed by atoms with Crippen molar-refractivity contribution in [2.45, 2.75) is 5.33 Å². The molecule has 0 bridgehead atoms. The molecule has 2 N–H and O–H groups in total.